The lowest BCUT2D eigenvalue weighted by atomic mass is 10.2. The third kappa shape index (κ3) is 4.74. The lowest BCUT2D eigenvalue weighted by molar-refractivity contribution is -0.395. The molecule has 0 bridgehead atoms. The first-order valence-corrected chi connectivity index (χ1v) is 7.16. The maximum atomic E-state index is 11.8. The van der Waals surface area contributed by atoms with Crippen LogP contribution in [0.25, 0.3) is 6.08 Å². The van der Waals surface area contributed by atoms with E-state index < -0.39 is 32.9 Å². The molecule has 132 valence electrons. The van der Waals surface area contributed by atoms with Crippen molar-refractivity contribution in [2.45, 2.75) is 0 Å². The predicted molar refractivity (Wildman–Crippen MR) is 91.7 cm³/mol. The van der Waals surface area contributed by atoms with Gasteiger partial charge in [-0.15, -0.1) is 0 Å². The normalized spacial score (nSPS) is 10.9. The van der Waals surface area contributed by atoms with Crippen LogP contribution in [-0.2, 0) is 4.79 Å². The summed E-state index contributed by atoms with van der Waals surface area (Å²) in [6.07, 6.45) is 5.42. The quantitative estimate of drug-likeness (QED) is 0.209. The molecule has 9 nitrogen and oxygen atoms in total. The average molecular weight is 356 g/mol. The fraction of sp³-hybridized carbons (Fsp3) is 0. The molecule has 0 radical (unpaired) electrons. The fourth-order valence-corrected chi connectivity index (χ4v) is 1.93. The van der Waals surface area contributed by atoms with E-state index in [1.807, 2.05) is 0 Å². The second-order valence-electron chi connectivity index (χ2n) is 4.87. The van der Waals surface area contributed by atoms with Crippen LogP contribution in [0.3, 0.4) is 0 Å². The summed E-state index contributed by atoms with van der Waals surface area (Å²) in [6.45, 7) is 0. The highest BCUT2D eigenvalue weighted by Crippen LogP contribution is 2.36. The summed E-state index contributed by atoms with van der Waals surface area (Å²) >= 11 is 0. The Morgan fingerprint density at radius 3 is 2.08 bits per heavy atom. The summed E-state index contributed by atoms with van der Waals surface area (Å²) in [5, 5.41) is 31.1. The number of hydrogen-bond acceptors (Lipinski definition) is 7. The van der Waals surface area contributed by atoms with Gasteiger partial charge in [-0.05, 0) is 23.8 Å². The van der Waals surface area contributed by atoms with Crippen molar-refractivity contribution in [3.63, 3.8) is 0 Å². The van der Waals surface area contributed by atoms with Crippen molar-refractivity contribution < 1.29 is 24.5 Å². The SMILES string of the molecule is O=C(/C=C/C=C/c1ccc(O)cc1)Oc1c([N+](=O)[O-])cccc1[N+](=O)[O-]. The molecular weight excluding hydrogens is 344 g/mol. The number of esters is 1. The highest BCUT2D eigenvalue weighted by atomic mass is 16.6. The first kappa shape index (κ1) is 18.3. The van der Waals surface area contributed by atoms with Crippen molar-refractivity contribution in [3.8, 4) is 11.5 Å². The van der Waals surface area contributed by atoms with Gasteiger partial charge in [-0.25, -0.2) is 4.79 Å². The van der Waals surface area contributed by atoms with Crippen molar-refractivity contribution in [1.82, 2.24) is 0 Å². The number of allylic oxidation sites excluding steroid dienone is 2. The minimum absolute atomic E-state index is 0.118. The van der Waals surface area contributed by atoms with Crippen molar-refractivity contribution in [1.29, 1.82) is 0 Å². The number of rotatable bonds is 6. The number of nitrogens with zero attached hydrogens (tertiary/aromatic N) is 2. The van der Waals surface area contributed by atoms with E-state index in [0.717, 1.165) is 29.8 Å². The molecule has 0 aromatic heterocycles. The van der Waals surface area contributed by atoms with Crippen molar-refractivity contribution in [2.24, 2.45) is 0 Å². The second kappa shape index (κ2) is 8.20. The number of phenolic OH excluding ortho intramolecular Hbond substituents is 1. The van der Waals surface area contributed by atoms with Crippen LogP contribution < -0.4 is 4.74 Å². The van der Waals surface area contributed by atoms with Crippen LogP contribution in [0.2, 0.25) is 0 Å². The van der Waals surface area contributed by atoms with Crippen LogP contribution in [0.5, 0.6) is 11.5 Å². The molecule has 0 fully saturated rings. The molecule has 0 saturated heterocycles. The van der Waals surface area contributed by atoms with E-state index in [1.54, 1.807) is 18.2 Å². The minimum atomic E-state index is -1.00. The van der Waals surface area contributed by atoms with Gasteiger partial charge in [0.1, 0.15) is 5.75 Å². The summed E-state index contributed by atoms with van der Waals surface area (Å²) < 4.78 is 4.79. The van der Waals surface area contributed by atoms with Crippen molar-refractivity contribution in [2.75, 3.05) is 0 Å². The van der Waals surface area contributed by atoms with Gasteiger partial charge >= 0.3 is 17.3 Å². The standard InChI is InChI=1S/C17H12N2O7/c20-13-10-8-12(9-11-13)4-1-2-7-16(21)26-17-14(18(22)23)5-3-6-15(17)19(24)25/h1-11,20H/b4-1+,7-2+. The van der Waals surface area contributed by atoms with Gasteiger partial charge in [0.25, 0.3) is 5.75 Å². The van der Waals surface area contributed by atoms with E-state index >= 15 is 0 Å². The molecule has 0 spiro atoms. The number of para-hydroxylation sites is 1. The lowest BCUT2D eigenvalue weighted by Crippen LogP contribution is -2.08. The molecule has 0 amide bonds. The van der Waals surface area contributed by atoms with Gasteiger partial charge in [0, 0.05) is 18.2 Å². The number of nitro groups is 2. The molecule has 2 rings (SSSR count). The molecule has 0 aliphatic rings. The van der Waals surface area contributed by atoms with E-state index in [0.29, 0.717) is 0 Å². The average Bonchev–Trinajstić information content (AvgIpc) is 2.60. The first-order valence-electron chi connectivity index (χ1n) is 7.16. The van der Waals surface area contributed by atoms with Crippen LogP contribution in [0, 0.1) is 20.2 Å². The molecule has 26 heavy (non-hydrogen) atoms. The Kier molecular flexibility index (Phi) is 5.78. The van der Waals surface area contributed by atoms with Crippen LogP contribution in [0.1, 0.15) is 5.56 Å². The van der Waals surface area contributed by atoms with Crippen molar-refractivity contribution in [3.05, 3.63) is 86.5 Å². The van der Waals surface area contributed by atoms with E-state index in [2.05, 4.69) is 0 Å². The molecule has 1 N–H and O–H groups in total. The Balaban J connectivity index is 2.13. The summed E-state index contributed by atoms with van der Waals surface area (Å²) in [7, 11) is 0. The molecule has 0 heterocycles. The molecule has 0 unspecified atom stereocenters. The molecule has 0 atom stereocenters. The third-order valence-corrected chi connectivity index (χ3v) is 3.09. The zero-order valence-electron chi connectivity index (χ0n) is 13.1. The van der Waals surface area contributed by atoms with E-state index in [1.165, 1.54) is 24.3 Å². The van der Waals surface area contributed by atoms with E-state index in [4.69, 9.17) is 9.84 Å². The number of ether oxygens (including phenoxy) is 1. The largest absolute Gasteiger partial charge is 0.508 e. The fourth-order valence-electron chi connectivity index (χ4n) is 1.93. The van der Waals surface area contributed by atoms with Gasteiger partial charge in [-0.1, -0.05) is 30.4 Å². The van der Waals surface area contributed by atoms with E-state index in [9.17, 15) is 25.0 Å². The number of phenols is 1. The Hall–Kier alpha value is -4.01. The van der Waals surface area contributed by atoms with Gasteiger partial charge in [-0.3, -0.25) is 20.2 Å². The van der Waals surface area contributed by atoms with Gasteiger partial charge in [0.2, 0.25) is 0 Å². The van der Waals surface area contributed by atoms with Gasteiger partial charge in [0.15, 0.2) is 0 Å². The maximum absolute atomic E-state index is 11.8. The molecular formula is C17H12N2O7. The predicted octanol–water partition coefficient (Wildman–Crippen LogP) is 3.38. The number of aromatic hydroxyl groups is 1. The molecule has 0 aliphatic carbocycles. The highest BCUT2D eigenvalue weighted by molar-refractivity contribution is 5.86. The molecule has 2 aromatic rings. The highest BCUT2D eigenvalue weighted by Gasteiger charge is 2.27. The lowest BCUT2D eigenvalue weighted by Gasteiger charge is -2.03. The van der Waals surface area contributed by atoms with Crippen LogP contribution in [-0.4, -0.2) is 20.9 Å². The Bertz CT molecular complexity index is 870. The number of nitro benzene ring substituents is 2. The monoisotopic (exact) mass is 356 g/mol. The van der Waals surface area contributed by atoms with Crippen LogP contribution >= 0.6 is 0 Å². The number of hydrogen-bond donors (Lipinski definition) is 1. The molecule has 2 aromatic carbocycles. The molecule has 9 heteroatoms. The topological polar surface area (TPSA) is 133 Å². The van der Waals surface area contributed by atoms with Crippen LogP contribution in [0.4, 0.5) is 11.4 Å². The summed E-state index contributed by atoms with van der Waals surface area (Å²) in [4.78, 5) is 32.0. The van der Waals surface area contributed by atoms with Gasteiger partial charge in [0.05, 0.1) is 9.85 Å². The maximum Gasteiger partial charge on any atom is 0.336 e. The number of carbonyl (C=O) groups is 1. The Morgan fingerprint density at radius 1 is 0.962 bits per heavy atom. The zero-order chi connectivity index (χ0) is 19.1. The summed E-state index contributed by atoms with van der Waals surface area (Å²) in [6, 6.07) is 9.41. The zero-order valence-corrected chi connectivity index (χ0v) is 13.1. The summed E-state index contributed by atoms with van der Waals surface area (Å²) in [5.41, 5.74) is -0.601. The van der Waals surface area contributed by atoms with Gasteiger partial charge < -0.3 is 9.84 Å². The Labute approximate surface area is 146 Å². The first-order chi connectivity index (χ1) is 12.4. The molecule has 0 saturated carbocycles. The molecule has 0 aliphatic heterocycles. The smallest absolute Gasteiger partial charge is 0.336 e. The Morgan fingerprint density at radius 2 is 1.54 bits per heavy atom. The van der Waals surface area contributed by atoms with Crippen LogP contribution in [0.15, 0.2) is 60.7 Å². The van der Waals surface area contributed by atoms with Crippen molar-refractivity contribution >= 4 is 23.4 Å². The van der Waals surface area contributed by atoms with E-state index in [-0.39, 0.29) is 5.75 Å². The third-order valence-electron chi connectivity index (χ3n) is 3.09. The minimum Gasteiger partial charge on any atom is -0.508 e. The number of benzene rings is 2. The number of carbonyl (C=O) groups excluding carboxylic acids is 1. The van der Waals surface area contributed by atoms with Gasteiger partial charge in [-0.2, -0.15) is 0 Å². The summed E-state index contributed by atoms with van der Waals surface area (Å²) in [5.74, 6) is -1.61. The second-order valence-corrected chi connectivity index (χ2v) is 4.87.